The maximum absolute atomic E-state index is 8.43. The maximum atomic E-state index is 8.43. The Morgan fingerprint density at radius 2 is 2.24 bits per heavy atom. The molecule has 0 aliphatic heterocycles. The van der Waals surface area contributed by atoms with E-state index in [1.165, 1.54) is 0 Å². The van der Waals surface area contributed by atoms with Crippen molar-refractivity contribution in [2.24, 2.45) is 5.73 Å². The van der Waals surface area contributed by atoms with Gasteiger partial charge in [-0.1, -0.05) is 11.6 Å². The SMILES string of the molecule is COc1cc(Cl)cc(CN)c1OCCCC#N. The standard InChI is InChI=1S/C12H15ClN2O2/c1-16-11-7-10(13)6-9(8-15)12(11)17-5-3-2-4-14/h6-7H,2-3,5,8,15H2,1H3. The first-order valence-corrected chi connectivity index (χ1v) is 5.67. The van der Waals surface area contributed by atoms with Crippen molar-refractivity contribution in [3.05, 3.63) is 22.7 Å². The molecule has 5 heteroatoms. The van der Waals surface area contributed by atoms with Gasteiger partial charge in [0, 0.05) is 29.6 Å². The summed E-state index contributed by atoms with van der Waals surface area (Å²) < 4.78 is 10.8. The van der Waals surface area contributed by atoms with Gasteiger partial charge in [0.05, 0.1) is 19.8 Å². The molecule has 0 aliphatic carbocycles. The minimum atomic E-state index is 0.324. The summed E-state index contributed by atoms with van der Waals surface area (Å²) >= 11 is 5.93. The van der Waals surface area contributed by atoms with Gasteiger partial charge in [-0.25, -0.2) is 0 Å². The summed E-state index contributed by atoms with van der Waals surface area (Å²) in [6.07, 6.45) is 1.14. The summed E-state index contributed by atoms with van der Waals surface area (Å²) in [4.78, 5) is 0. The highest BCUT2D eigenvalue weighted by molar-refractivity contribution is 6.30. The third kappa shape index (κ3) is 3.81. The van der Waals surface area contributed by atoms with Gasteiger partial charge in [0.25, 0.3) is 0 Å². The molecule has 0 unspecified atom stereocenters. The number of methoxy groups -OCH3 is 1. The van der Waals surface area contributed by atoms with E-state index in [-0.39, 0.29) is 0 Å². The predicted octanol–water partition coefficient (Wildman–Crippen LogP) is 2.49. The number of nitrogens with zero attached hydrogens (tertiary/aromatic N) is 1. The van der Waals surface area contributed by atoms with E-state index in [1.807, 2.05) is 0 Å². The van der Waals surface area contributed by atoms with Crippen LogP contribution in [-0.4, -0.2) is 13.7 Å². The molecular weight excluding hydrogens is 240 g/mol. The Morgan fingerprint density at radius 1 is 1.47 bits per heavy atom. The van der Waals surface area contributed by atoms with E-state index in [2.05, 4.69) is 6.07 Å². The van der Waals surface area contributed by atoms with Crippen LogP contribution < -0.4 is 15.2 Å². The van der Waals surface area contributed by atoms with Gasteiger partial charge in [-0.15, -0.1) is 0 Å². The highest BCUT2D eigenvalue weighted by atomic mass is 35.5. The number of hydrogen-bond donors (Lipinski definition) is 1. The van der Waals surface area contributed by atoms with Crippen LogP contribution in [-0.2, 0) is 6.54 Å². The van der Waals surface area contributed by atoms with Crippen molar-refractivity contribution in [1.29, 1.82) is 5.26 Å². The number of benzene rings is 1. The Hall–Kier alpha value is -1.44. The van der Waals surface area contributed by atoms with Gasteiger partial charge in [-0.2, -0.15) is 5.26 Å². The average molecular weight is 255 g/mol. The number of halogens is 1. The van der Waals surface area contributed by atoms with Gasteiger partial charge in [0.1, 0.15) is 0 Å². The smallest absolute Gasteiger partial charge is 0.165 e. The Labute approximate surface area is 106 Å². The zero-order valence-electron chi connectivity index (χ0n) is 9.70. The van der Waals surface area contributed by atoms with Crippen LogP contribution in [0.5, 0.6) is 11.5 Å². The molecule has 17 heavy (non-hydrogen) atoms. The highest BCUT2D eigenvalue weighted by Crippen LogP contribution is 2.34. The van der Waals surface area contributed by atoms with Crippen LogP contribution in [0.3, 0.4) is 0 Å². The largest absolute Gasteiger partial charge is 0.493 e. The van der Waals surface area contributed by atoms with Gasteiger partial charge in [0.15, 0.2) is 11.5 Å². The van der Waals surface area contributed by atoms with E-state index in [0.29, 0.717) is 42.5 Å². The molecule has 92 valence electrons. The van der Waals surface area contributed by atoms with Crippen LogP contribution in [0.4, 0.5) is 0 Å². The minimum absolute atomic E-state index is 0.324. The van der Waals surface area contributed by atoms with Crippen molar-refractivity contribution >= 4 is 11.6 Å². The third-order valence-electron chi connectivity index (χ3n) is 2.22. The summed E-state index contributed by atoms with van der Waals surface area (Å²) in [7, 11) is 1.55. The second kappa shape index (κ2) is 7.00. The van der Waals surface area contributed by atoms with Crippen LogP contribution in [0.25, 0.3) is 0 Å². The molecule has 0 amide bonds. The van der Waals surface area contributed by atoms with Gasteiger partial charge < -0.3 is 15.2 Å². The molecule has 0 spiro atoms. The number of nitriles is 1. The molecule has 2 N–H and O–H groups in total. The van der Waals surface area contributed by atoms with Crippen LogP contribution in [0.1, 0.15) is 18.4 Å². The van der Waals surface area contributed by atoms with E-state index in [9.17, 15) is 0 Å². The molecule has 0 radical (unpaired) electrons. The van der Waals surface area contributed by atoms with E-state index in [1.54, 1.807) is 19.2 Å². The lowest BCUT2D eigenvalue weighted by atomic mass is 10.2. The summed E-state index contributed by atoms with van der Waals surface area (Å²) in [5.41, 5.74) is 6.42. The molecule has 0 aliphatic rings. The lowest BCUT2D eigenvalue weighted by Crippen LogP contribution is -2.05. The molecule has 0 heterocycles. The summed E-state index contributed by atoms with van der Waals surface area (Å²) in [5.74, 6) is 1.17. The van der Waals surface area contributed by atoms with Crippen LogP contribution in [0.2, 0.25) is 5.02 Å². The fourth-order valence-electron chi connectivity index (χ4n) is 1.42. The van der Waals surface area contributed by atoms with Crippen molar-refractivity contribution in [3.8, 4) is 17.6 Å². The Morgan fingerprint density at radius 3 is 2.82 bits per heavy atom. The van der Waals surface area contributed by atoms with Gasteiger partial charge in [0.2, 0.25) is 0 Å². The van der Waals surface area contributed by atoms with Crippen LogP contribution >= 0.6 is 11.6 Å². The first kappa shape index (κ1) is 13.6. The number of unbranched alkanes of at least 4 members (excludes halogenated alkanes) is 1. The quantitative estimate of drug-likeness (QED) is 0.792. The van der Waals surface area contributed by atoms with Gasteiger partial charge in [-0.05, 0) is 12.5 Å². The normalized spacial score (nSPS) is 9.76. The number of hydrogen-bond acceptors (Lipinski definition) is 4. The Bertz CT molecular complexity index is 390. The number of ether oxygens (including phenoxy) is 2. The second-order valence-corrected chi connectivity index (χ2v) is 3.85. The minimum Gasteiger partial charge on any atom is -0.493 e. The third-order valence-corrected chi connectivity index (χ3v) is 2.43. The zero-order valence-corrected chi connectivity index (χ0v) is 10.5. The molecule has 1 aromatic carbocycles. The maximum Gasteiger partial charge on any atom is 0.165 e. The molecular formula is C12H15ClN2O2. The van der Waals surface area contributed by atoms with Crippen molar-refractivity contribution in [2.75, 3.05) is 13.7 Å². The van der Waals surface area contributed by atoms with Gasteiger partial charge >= 0.3 is 0 Å². The monoisotopic (exact) mass is 254 g/mol. The van der Waals surface area contributed by atoms with E-state index in [0.717, 1.165) is 5.56 Å². The van der Waals surface area contributed by atoms with Crippen molar-refractivity contribution in [2.45, 2.75) is 19.4 Å². The molecule has 0 atom stereocenters. The Balaban J connectivity index is 2.84. The lowest BCUT2D eigenvalue weighted by Gasteiger charge is -2.14. The van der Waals surface area contributed by atoms with E-state index in [4.69, 9.17) is 32.1 Å². The van der Waals surface area contributed by atoms with Gasteiger partial charge in [-0.3, -0.25) is 0 Å². The van der Waals surface area contributed by atoms with Crippen molar-refractivity contribution in [3.63, 3.8) is 0 Å². The molecule has 0 aromatic heterocycles. The molecule has 0 bridgehead atoms. The summed E-state index contributed by atoms with van der Waals surface area (Å²) in [5, 5.41) is 9.00. The van der Waals surface area contributed by atoms with Crippen LogP contribution in [0.15, 0.2) is 12.1 Å². The molecule has 1 aromatic rings. The fourth-order valence-corrected chi connectivity index (χ4v) is 1.65. The van der Waals surface area contributed by atoms with Crippen LogP contribution in [0, 0.1) is 11.3 Å². The number of rotatable bonds is 6. The molecule has 0 saturated heterocycles. The van der Waals surface area contributed by atoms with E-state index < -0.39 is 0 Å². The topological polar surface area (TPSA) is 68.3 Å². The molecule has 1 rings (SSSR count). The molecule has 0 saturated carbocycles. The number of nitrogens with two attached hydrogens (primary N) is 1. The van der Waals surface area contributed by atoms with Crippen molar-refractivity contribution < 1.29 is 9.47 Å². The molecule has 4 nitrogen and oxygen atoms in total. The highest BCUT2D eigenvalue weighted by Gasteiger charge is 2.11. The summed E-state index contributed by atoms with van der Waals surface area (Å²) in [6, 6.07) is 5.50. The molecule has 0 fully saturated rings. The lowest BCUT2D eigenvalue weighted by molar-refractivity contribution is 0.288. The first-order valence-electron chi connectivity index (χ1n) is 5.29. The fraction of sp³-hybridized carbons (Fsp3) is 0.417. The van der Waals surface area contributed by atoms with Crippen molar-refractivity contribution in [1.82, 2.24) is 0 Å². The first-order chi connectivity index (χ1) is 8.22. The van der Waals surface area contributed by atoms with E-state index >= 15 is 0 Å². The summed E-state index contributed by atoms with van der Waals surface area (Å²) in [6.45, 7) is 0.781. The predicted molar refractivity (Wildman–Crippen MR) is 66.2 cm³/mol. The zero-order chi connectivity index (χ0) is 12.7. The average Bonchev–Trinajstić information content (AvgIpc) is 2.35. The Kier molecular flexibility index (Phi) is 5.61. The second-order valence-electron chi connectivity index (χ2n) is 3.41.